The molecule has 0 radical (unpaired) electrons. The van der Waals surface area contributed by atoms with Crippen molar-refractivity contribution >= 4 is 10.0 Å². The summed E-state index contributed by atoms with van der Waals surface area (Å²) in [6.45, 7) is 7.44. The molecule has 1 aliphatic rings. The SMILES string of the molecule is CCC(C)(C)CNS(=O)(=O)c1ccc(CNC2CC2)cc1. The molecule has 1 aromatic rings. The maximum atomic E-state index is 12.3. The average molecular weight is 310 g/mol. The van der Waals surface area contributed by atoms with Crippen LogP contribution in [0.3, 0.4) is 0 Å². The molecule has 0 bridgehead atoms. The third-order valence-electron chi connectivity index (χ3n) is 4.10. The second kappa shape index (κ2) is 6.46. The van der Waals surface area contributed by atoms with Crippen molar-refractivity contribution in [3.8, 4) is 0 Å². The minimum Gasteiger partial charge on any atom is -0.310 e. The third kappa shape index (κ3) is 5.09. The summed E-state index contributed by atoms with van der Waals surface area (Å²) in [5.41, 5.74) is 1.09. The molecular weight excluding hydrogens is 284 g/mol. The fourth-order valence-corrected chi connectivity index (χ4v) is 3.08. The van der Waals surface area contributed by atoms with E-state index in [0.29, 0.717) is 17.5 Å². The number of benzene rings is 1. The van der Waals surface area contributed by atoms with Crippen molar-refractivity contribution in [3.05, 3.63) is 29.8 Å². The predicted octanol–water partition coefficient (Wildman–Crippen LogP) is 2.65. The minimum atomic E-state index is -3.41. The topological polar surface area (TPSA) is 58.2 Å². The fourth-order valence-electron chi connectivity index (χ4n) is 1.83. The van der Waals surface area contributed by atoms with E-state index in [1.54, 1.807) is 12.1 Å². The molecule has 0 heterocycles. The molecule has 2 N–H and O–H groups in total. The average Bonchev–Trinajstić information content (AvgIpc) is 3.28. The lowest BCUT2D eigenvalue weighted by Crippen LogP contribution is -2.33. The molecule has 0 saturated heterocycles. The van der Waals surface area contributed by atoms with Gasteiger partial charge in [-0.1, -0.05) is 32.9 Å². The predicted molar refractivity (Wildman–Crippen MR) is 85.6 cm³/mol. The highest BCUT2D eigenvalue weighted by atomic mass is 32.2. The quantitative estimate of drug-likeness (QED) is 0.776. The molecule has 1 aliphatic carbocycles. The van der Waals surface area contributed by atoms with Gasteiger partial charge in [0, 0.05) is 19.1 Å². The molecule has 0 aliphatic heterocycles. The Hall–Kier alpha value is -0.910. The number of nitrogens with one attached hydrogen (secondary N) is 2. The van der Waals surface area contributed by atoms with Gasteiger partial charge in [0.05, 0.1) is 4.90 Å². The van der Waals surface area contributed by atoms with E-state index in [-0.39, 0.29) is 5.41 Å². The highest BCUT2D eigenvalue weighted by Gasteiger charge is 2.21. The summed E-state index contributed by atoms with van der Waals surface area (Å²) in [4.78, 5) is 0.338. The van der Waals surface area contributed by atoms with Gasteiger partial charge in [-0.05, 0) is 42.4 Å². The number of hydrogen-bond acceptors (Lipinski definition) is 3. The van der Waals surface area contributed by atoms with Gasteiger partial charge in [0.25, 0.3) is 0 Å². The van der Waals surface area contributed by atoms with Crippen LogP contribution in [0.5, 0.6) is 0 Å². The van der Waals surface area contributed by atoms with E-state index in [0.717, 1.165) is 18.5 Å². The van der Waals surface area contributed by atoms with E-state index >= 15 is 0 Å². The Bertz CT molecular complexity index is 560. The van der Waals surface area contributed by atoms with Crippen molar-refractivity contribution in [2.75, 3.05) is 6.54 Å². The standard InChI is InChI=1S/C16H26N2O2S/c1-4-16(2,3)12-18-21(19,20)15-9-5-13(6-10-15)11-17-14-7-8-14/h5-6,9-10,14,17-18H,4,7-8,11-12H2,1-3H3. The summed E-state index contributed by atoms with van der Waals surface area (Å²) >= 11 is 0. The molecule has 0 aromatic heterocycles. The van der Waals surface area contributed by atoms with E-state index in [4.69, 9.17) is 0 Å². The first-order valence-corrected chi connectivity index (χ1v) is 9.13. The molecule has 1 aromatic carbocycles. The van der Waals surface area contributed by atoms with Gasteiger partial charge in [-0.2, -0.15) is 0 Å². The Morgan fingerprint density at radius 3 is 2.33 bits per heavy atom. The molecule has 1 saturated carbocycles. The Morgan fingerprint density at radius 1 is 1.19 bits per heavy atom. The van der Waals surface area contributed by atoms with Gasteiger partial charge in [0.15, 0.2) is 0 Å². The van der Waals surface area contributed by atoms with Gasteiger partial charge in [-0.25, -0.2) is 13.1 Å². The Morgan fingerprint density at radius 2 is 1.81 bits per heavy atom. The number of sulfonamides is 1. The third-order valence-corrected chi connectivity index (χ3v) is 5.52. The normalized spacial score (nSPS) is 16.1. The zero-order chi connectivity index (χ0) is 15.5. The smallest absolute Gasteiger partial charge is 0.240 e. The summed E-state index contributed by atoms with van der Waals surface area (Å²) in [6.07, 6.45) is 3.44. The van der Waals surface area contributed by atoms with E-state index in [2.05, 4.69) is 30.8 Å². The highest BCUT2D eigenvalue weighted by Crippen LogP contribution is 2.21. The van der Waals surface area contributed by atoms with Crippen LogP contribution >= 0.6 is 0 Å². The van der Waals surface area contributed by atoms with Crippen LogP contribution in [-0.4, -0.2) is 21.0 Å². The molecular formula is C16H26N2O2S. The van der Waals surface area contributed by atoms with Crippen LogP contribution in [0.4, 0.5) is 0 Å². The molecule has 0 amide bonds. The van der Waals surface area contributed by atoms with Crippen LogP contribution in [0, 0.1) is 5.41 Å². The Kier molecular flexibility index (Phi) is 5.07. The van der Waals surface area contributed by atoms with Gasteiger partial charge in [-0.3, -0.25) is 0 Å². The largest absolute Gasteiger partial charge is 0.310 e. The van der Waals surface area contributed by atoms with Crippen LogP contribution in [0.1, 0.15) is 45.6 Å². The van der Waals surface area contributed by atoms with Crippen LogP contribution in [0.15, 0.2) is 29.2 Å². The van der Waals surface area contributed by atoms with Crippen molar-refractivity contribution in [3.63, 3.8) is 0 Å². The summed E-state index contributed by atoms with van der Waals surface area (Å²) in [5.74, 6) is 0. The van der Waals surface area contributed by atoms with Crippen molar-refractivity contribution in [1.82, 2.24) is 10.0 Å². The van der Waals surface area contributed by atoms with E-state index < -0.39 is 10.0 Å². The Balaban J connectivity index is 1.95. The molecule has 5 heteroatoms. The summed E-state index contributed by atoms with van der Waals surface area (Å²) in [5, 5.41) is 3.42. The van der Waals surface area contributed by atoms with Crippen molar-refractivity contribution in [2.24, 2.45) is 5.41 Å². The lowest BCUT2D eigenvalue weighted by atomic mass is 9.91. The van der Waals surface area contributed by atoms with Crippen LogP contribution < -0.4 is 10.0 Å². The van der Waals surface area contributed by atoms with Gasteiger partial charge >= 0.3 is 0 Å². The first-order valence-electron chi connectivity index (χ1n) is 7.64. The molecule has 4 nitrogen and oxygen atoms in total. The second-order valence-corrected chi connectivity index (χ2v) is 8.41. The van der Waals surface area contributed by atoms with Gasteiger partial charge in [-0.15, -0.1) is 0 Å². The minimum absolute atomic E-state index is 0.0266. The van der Waals surface area contributed by atoms with Gasteiger partial charge in [0.1, 0.15) is 0 Å². The van der Waals surface area contributed by atoms with Crippen molar-refractivity contribution < 1.29 is 8.42 Å². The monoisotopic (exact) mass is 310 g/mol. The summed E-state index contributed by atoms with van der Waals surface area (Å²) in [7, 11) is -3.41. The number of hydrogen-bond donors (Lipinski definition) is 2. The van der Waals surface area contributed by atoms with Crippen molar-refractivity contribution in [1.29, 1.82) is 0 Å². The molecule has 0 unspecified atom stereocenters. The maximum Gasteiger partial charge on any atom is 0.240 e. The molecule has 2 rings (SSSR count). The highest BCUT2D eigenvalue weighted by molar-refractivity contribution is 7.89. The van der Waals surface area contributed by atoms with E-state index in [1.807, 2.05) is 12.1 Å². The Labute approximate surface area is 128 Å². The molecule has 21 heavy (non-hydrogen) atoms. The van der Waals surface area contributed by atoms with Gasteiger partial charge in [0.2, 0.25) is 10.0 Å². The van der Waals surface area contributed by atoms with Crippen LogP contribution in [0.25, 0.3) is 0 Å². The summed E-state index contributed by atoms with van der Waals surface area (Å²) in [6, 6.07) is 7.80. The molecule has 0 spiro atoms. The van der Waals surface area contributed by atoms with Crippen LogP contribution in [-0.2, 0) is 16.6 Å². The van der Waals surface area contributed by atoms with E-state index in [9.17, 15) is 8.42 Å². The van der Waals surface area contributed by atoms with E-state index in [1.165, 1.54) is 12.8 Å². The second-order valence-electron chi connectivity index (χ2n) is 6.64. The maximum absolute atomic E-state index is 12.3. The fraction of sp³-hybridized carbons (Fsp3) is 0.625. The molecule has 0 atom stereocenters. The van der Waals surface area contributed by atoms with Gasteiger partial charge < -0.3 is 5.32 Å². The molecule has 1 fully saturated rings. The number of rotatable bonds is 8. The van der Waals surface area contributed by atoms with Crippen LogP contribution in [0.2, 0.25) is 0 Å². The lowest BCUT2D eigenvalue weighted by molar-refractivity contribution is 0.350. The zero-order valence-corrected chi connectivity index (χ0v) is 14.0. The first-order chi connectivity index (χ1) is 9.82. The molecule has 118 valence electrons. The zero-order valence-electron chi connectivity index (χ0n) is 13.1. The van der Waals surface area contributed by atoms with Crippen molar-refractivity contribution in [2.45, 2.75) is 57.5 Å². The first kappa shape index (κ1) is 16.5. The summed E-state index contributed by atoms with van der Waals surface area (Å²) < 4.78 is 27.2. The lowest BCUT2D eigenvalue weighted by Gasteiger charge is -2.22.